The number of pyridine rings is 1. The number of hydrogen-bond donors (Lipinski definition) is 0. The van der Waals surface area contributed by atoms with Gasteiger partial charge in [0.25, 0.3) is 0 Å². The van der Waals surface area contributed by atoms with Gasteiger partial charge in [-0.2, -0.15) is 5.26 Å². The molecule has 0 spiro atoms. The van der Waals surface area contributed by atoms with Crippen LogP contribution in [0.25, 0.3) is 11.6 Å². The number of benzene rings is 1. The number of hydrogen-bond acceptors (Lipinski definition) is 5. The molecule has 1 aromatic heterocycles. The number of methoxy groups -OCH3 is 1. The molecular formula is C19H18N2O3. The van der Waals surface area contributed by atoms with E-state index in [0.717, 1.165) is 16.7 Å². The molecule has 1 aromatic carbocycles. The van der Waals surface area contributed by atoms with Crippen LogP contribution in [0.4, 0.5) is 0 Å². The van der Waals surface area contributed by atoms with Gasteiger partial charge in [0.1, 0.15) is 11.8 Å². The molecule has 0 bridgehead atoms. The maximum atomic E-state index is 11.2. The van der Waals surface area contributed by atoms with Gasteiger partial charge in [-0.05, 0) is 60.9 Å². The predicted molar refractivity (Wildman–Crippen MR) is 91.1 cm³/mol. The molecule has 5 heteroatoms. The van der Waals surface area contributed by atoms with Crippen LogP contribution in [0.3, 0.4) is 0 Å². The average Bonchev–Trinajstić information content (AvgIpc) is 2.59. The van der Waals surface area contributed by atoms with Crippen molar-refractivity contribution in [2.24, 2.45) is 0 Å². The van der Waals surface area contributed by atoms with Crippen molar-refractivity contribution in [3.05, 3.63) is 58.9 Å². The van der Waals surface area contributed by atoms with Crippen LogP contribution >= 0.6 is 0 Å². The maximum Gasteiger partial charge on any atom is 0.343 e. The van der Waals surface area contributed by atoms with Gasteiger partial charge in [0, 0.05) is 6.20 Å². The van der Waals surface area contributed by atoms with E-state index in [1.165, 1.54) is 7.11 Å². The fraction of sp³-hybridized carbons (Fsp3) is 0.211. The number of allylic oxidation sites excluding steroid dienone is 1. The standard InChI is InChI=1S/C19H18N2O3/c1-13-8-15(9-14(2)19(13)24-12-18(22)23-3)10-16(11-20)17-6-4-5-7-21-17/h4-10H,12H2,1-3H3/b16-10+. The first-order chi connectivity index (χ1) is 11.5. The molecule has 0 radical (unpaired) electrons. The van der Waals surface area contributed by atoms with Crippen molar-refractivity contribution in [2.75, 3.05) is 13.7 Å². The van der Waals surface area contributed by atoms with E-state index in [4.69, 9.17) is 4.74 Å². The van der Waals surface area contributed by atoms with E-state index < -0.39 is 5.97 Å². The number of carbonyl (C=O) groups excluding carboxylic acids is 1. The van der Waals surface area contributed by atoms with Crippen molar-refractivity contribution >= 4 is 17.6 Å². The van der Waals surface area contributed by atoms with Crippen LogP contribution in [0.1, 0.15) is 22.4 Å². The van der Waals surface area contributed by atoms with Crippen LogP contribution in [0.5, 0.6) is 5.75 Å². The van der Waals surface area contributed by atoms with Gasteiger partial charge in [-0.1, -0.05) is 6.07 Å². The minimum atomic E-state index is -0.431. The minimum absolute atomic E-state index is 0.134. The Labute approximate surface area is 141 Å². The summed E-state index contributed by atoms with van der Waals surface area (Å²) >= 11 is 0. The van der Waals surface area contributed by atoms with E-state index in [9.17, 15) is 10.1 Å². The molecule has 0 unspecified atom stereocenters. The zero-order chi connectivity index (χ0) is 17.5. The molecule has 0 aliphatic rings. The summed E-state index contributed by atoms with van der Waals surface area (Å²) < 4.78 is 10.1. The van der Waals surface area contributed by atoms with Gasteiger partial charge in [0.15, 0.2) is 6.61 Å². The summed E-state index contributed by atoms with van der Waals surface area (Å²) in [4.78, 5) is 15.4. The van der Waals surface area contributed by atoms with Crippen molar-refractivity contribution in [3.63, 3.8) is 0 Å². The molecule has 1 heterocycles. The van der Waals surface area contributed by atoms with E-state index in [0.29, 0.717) is 17.0 Å². The number of aromatic nitrogens is 1. The molecule has 0 fully saturated rings. The molecule has 0 amide bonds. The Hall–Kier alpha value is -3.13. The zero-order valence-electron chi connectivity index (χ0n) is 13.9. The first-order valence-corrected chi connectivity index (χ1v) is 7.39. The Morgan fingerprint density at radius 3 is 2.54 bits per heavy atom. The lowest BCUT2D eigenvalue weighted by atomic mass is 10.0. The predicted octanol–water partition coefficient (Wildman–Crippen LogP) is 3.31. The molecule has 0 aliphatic carbocycles. The summed E-state index contributed by atoms with van der Waals surface area (Å²) in [6.45, 7) is 3.65. The van der Waals surface area contributed by atoms with E-state index in [1.807, 2.05) is 32.0 Å². The van der Waals surface area contributed by atoms with Gasteiger partial charge in [-0.3, -0.25) is 4.98 Å². The van der Waals surface area contributed by atoms with Gasteiger partial charge < -0.3 is 9.47 Å². The van der Waals surface area contributed by atoms with Gasteiger partial charge in [0.2, 0.25) is 0 Å². The first-order valence-electron chi connectivity index (χ1n) is 7.39. The number of nitriles is 1. The maximum absolute atomic E-state index is 11.2. The molecule has 0 saturated heterocycles. The first kappa shape index (κ1) is 17.2. The Morgan fingerprint density at radius 1 is 1.29 bits per heavy atom. The van der Waals surface area contributed by atoms with Gasteiger partial charge in [-0.15, -0.1) is 0 Å². The van der Waals surface area contributed by atoms with Crippen LogP contribution in [-0.4, -0.2) is 24.7 Å². The lowest BCUT2D eigenvalue weighted by Crippen LogP contribution is -2.13. The third-order valence-corrected chi connectivity index (χ3v) is 3.42. The van der Waals surface area contributed by atoms with Crippen LogP contribution in [0.15, 0.2) is 36.5 Å². The van der Waals surface area contributed by atoms with Crippen molar-refractivity contribution in [3.8, 4) is 11.8 Å². The highest BCUT2D eigenvalue weighted by molar-refractivity contribution is 5.88. The van der Waals surface area contributed by atoms with E-state index in [-0.39, 0.29) is 6.61 Å². The smallest absolute Gasteiger partial charge is 0.343 e. The summed E-state index contributed by atoms with van der Waals surface area (Å²) in [6.07, 6.45) is 3.44. The third-order valence-electron chi connectivity index (χ3n) is 3.42. The summed E-state index contributed by atoms with van der Waals surface area (Å²) in [5.41, 5.74) is 3.74. The molecule has 5 nitrogen and oxygen atoms in total. The highest BCUT2D eigenvalue weighted by Crippen LogP contribution is 2.27. The van der Waals surface area contributed by atoms with E-state index in [1.54, 1.807) is 24.4 Å². The molecule has 0 saturated carbocycles. The summed E-state index contributed by atoms with van der Waals surface area (Å²) in [5, 5.41) is 9.37. The average molecular weight is 322 g/mol. The molecule has 2 aromatic rings. The second-order valence-corrected chi connectivity index (χ2v) is 5.23. The van der Waals surface area contributed by atoms with Crippen LogP contribution in [0.2, 0.25) is 0 Å². The highest BCUT2D eigenvalue weighted by atomic mass is 16.6. The topological polar surface area (TPSA) is 72.2 Å². The van der Waals surface area contributed by atoms with Crippen molar-refractivity contribution in [2.45, 2.75) is 13.8 Å². The largest absolute Gasteiger partial charge is 0.481 e. The van der Waals surface area contributed by atoms with Crippen LogP contribution in [-0.2, 0) is 9.53 Å². The fourth-order valence-corrected chi connectivity index (χ4v) is 2.34. The Bertz CT molecular complexity index is 782. The molecule has 0 atom stereocenters. The van der Waals surface area contributed by atoms with Gasteiger partial charge in [0.05, 0.1) is 18.4 Å². The minimum Gasteiger partial charge on any atom is -0.481 e. The fourth-order valence-electron chi connectivity index (χ4n) is 2.34. The second-order valence-electron chi connectivity index (χ2n) is 5.23. The number of aryl methyl sites for hydroxylation is 2. The lowest BCUT2D eigenvalue weighted by Gasteiger charge is -2.12. The number of nitrogens with zero attached hydrogens (tertiary/aromatic N) is 2. The van der Waals surface area contributed by atoms with E-state index in [2.05, 4.69) is 15.8 Å². The molecule has 2 rings (SSSR count). The Kier molecular flexibility index (Phi) is 5.69. The number of esters is 1. The number of ether oxygens (including phenoxy) is 2. The lowest BCUT2D eigenvalue weighted by molar-refractivity contribution is -0.142. The highest BCUT2D eigenvalue weighted by Gasteiger charge is 2.10. The summed E-state index contributed by atoms with van der Waals surface area (Å²) in [6, 6.07) is 11.4. The normalized spacial score (nSPS) is 10.8. The third kappa shape index (κ3) is 4.20. The molecule has 0 N–H and O–H groups in total. The van der Waals surface area contributed by atoms with Gasteiger partial charge in [-0.25, -0.2) is 4.79 Å². The Morgan fingerprint density at radius 2 is 2.00 bits per heavy atom. The molecule has 0 aliphatic heterocycles. The van der Waals surface area contributed by atoms with E-state index >= 15 is 0 Å². The van der Waals surface area contributed by atoms with Crippen molar-refractivity contribution in [1.29, 1.82) is 5.26 Å². The van der Waals surface area contributed by atoms with Crippen LogP contribution in [0, 0.1) is 25.2 Å². The monoisotopic (exact) mass is 322 g/mol. The Balaban J connectivity index is 2.31. The van der Waals surface area contributed by atoms with Crippen LogP contribution < -0.4 is 4.74 Å². The SMILES string of the molecule is COC(=O)COc1c(C)cc(/C=C(\C#N)c2ccccn2)cc1C. The zero-order valence-corrected chi connectivity index (χ0v) is 13.9. The number of carbonyl (C=O) groups is 1. The summed E-state index contributed by atoms with van der Waals surface area (Å²) in [7, 11) is 1.32. The second kappa shape index (κ2) is 7.93. The molecule has 24 heavy (non-hydrogen) atoms. The van der Waals surface area contributed by atoms with Crippen molar-refractivity contribution in [1.82, 2.24) is 4.98 Å². The number of rotatable bonds is 5. The summed E-state index contributed by atoms with van der Waals surface area (Å²) in [5.74, 6) is 0.216. The van der Waals surface area contributed by atoms with Crippen molar-refractivity contribution < 1.29 is 14.3 Å². The van der Waals surface area contributed by atoms with Gasteiger partial charge >= 0.3 is 5.97 Å². The molecular weight excluding hydrogens is 304 g/mol. The quantitative estimate of drug-likeness (QED) is 0.624. The molecule has 122 valence electrons.